The van der Waals surface area contributed by atoms with Gasteiger partial charge in [-0.3, -0.25) is 10.4 Å². The Hall–Kier alpha value is -1.40. The number of rotatable bonds is 0. The zero-order valence-electron chi connectivity index (χ0n) is 4.83. The van der Waals surface area contributed by atoms with Crippen molar-refractivity contribution in [3.63, 3.8) is 0 Å². The maximum atomic E-state index is 3.03. The first-order valence-electron chi connectivity index (χ1n) is 2.82. The monoisotopic (exact) mass is 118 g/mol. The maximum Gasteiger partial charge on any atom is 0.106 e. The van der Waals surface area contributed by atoms with Crippen LogP contribution < -0.4 is 5.43 Å². The van der Waals surface area contributed by atoms with Gasteiger partial charge >= 0.3 is 0 Å². The minimum atomic E-state index is 1.07. The van der Waals surface area contributed by atoms with Crippen LogP contribution in [0, 0.1) is 0 Å². The molecule has 0 aliphatic carbocycles. The number of hydrogen-bond donors (Lipinski definition) is 1. The molecule has 2 aliphatic heterocycles. The third-order valence-electron chi connectivity index (χ3n) is 1.28. The molecule has 2 rings (SSSR count). The largest absolute Gasteiger partial charge is 0.293 e. The van der Waals surface area contributed by atoms with Crippen LogP contribution in [-0.2, 0) is 0 Å². The van der Waals surface area contributed by atoms with Gasteiger partial charge in [0.15, 0.2) is 0 Å². The van der Waals surface area contributed by atoms with Crippen LogP contribution in [0.4, 0.5) is 0 Å². The quantitative estimate of drug-likeness (QED) is 0.475. The molecule has 2 heteroatoms. The highest BCUT2D eigenvalue weighted by atomic mass is 15.5. The smallest absolute Gasteiger partial charge is 0.106 e. The van der Waals surface area contributed by atoms with Gasteiger partial charge in [-0.1, -0.05) is 11.8 Å². The molecular weight excluding hydrogens is 112 g/mol. The number of hydrogen-bond acceptors (Lipinski definition) is 2. The number of fused-ring (bicyclic) bond motifs is 1. The predicted molar refractivity (Wildman–Crippen MR) is 34.9 cm³/mol. The molecule has 0 aromatic rings. The lowest BCUT2D eigenvalue weighted by Gasteiger charge is -2.16. The van der Waals surface area contributed by atoms with E-state index in [0.29, 0.717) is 0 Å². The van der Waals surface area contributed by atoms with Gasteiger partial charge in [0.25, 0.3) is 0 Å². The van der Waals surface area contributed by atoms with Crippen LogP contribution in [0.5, 0.6) is 0 Å². The molecule has 44 valence electrons. The van der Waals surface area contributed by atoms with Crippen LogP contribution in [0.25, 0.3) is 0 Å². The Morgan fingerprint density at radius 1 is 1.44 bits per heavy atom. The lowest BCUT2D eigenvalue weighted by atomic mass is 10.3. The summed E-state index contributed by atoms with van der Waals surface area (Å²) in [4.78, 5) is 0. The first-order chi connectivity index (χ1) is 4.47. The summed E-state index contributed by atoms with van der Waals surface area (Å²) < 4.78 is 0. The van der Waals surface area contributed by atoms with E-state index in [9.17, 15) is 0 Å². The van der Waals surface area contributed by atoms with Crippen LogP contribution in [0.15, 0.2) is 42.1 Å². The van der Waals surface area contributed by atoms with E-state index in [2.05, 4.69) is 11.2 Å². The maximum absolute atomic E-state index is 3.03. The van der Waals surface area contributed by atoms with Crippen molar-refractivity contribution >= 4 is 0 Å². The van der Waals surface area contributed by atoms with E-state index in [1.165, 1.54) is 0 Å². The summed E-state index contributed by atoms with van der Waals surface area (Å²) in [6.07, 6.45) is 9.69. The fourth-order valence-electron chi connectivity index (χ4n) is 0.849. The normalized spacial score (nSPS) is 19.6. The molecule has 0 radical (unpaired) electrons. The Labute approximate surface area is 53.4 Å². The van der Waals surface area contributed by atoms with Crippen molar-refractivity contribution in [3.8, 4) is 0 Å². The highest BCUT2D eigenvalue weighted by Gasteiger charge is 2.05. The summed E-state index contributed by atoms with van der Waals surface area (Å²) in [7, 11) is 0. The van der Waals surface area contributed by atoms with Crippen LogP contribution in [-0.4, -0.2) is 5.01 Å². The van der Waals surface area contributed by atoms with Crippen molar-refractivity contribution in [2.45, 2.75) is 0 Å². The fourth-order valence-corrected chi connectivity index (χ4v) is 0.849. The van der Waals surface area contributed by atoms with Crippen LogP contribution in [0.1, 0.15) is 0 Å². The van der Waals surface area contributed by atoms with Gasteiger partial charge < -0.3 is 0 Å². The van der Waals surface area contributed by atoms with Gasteiger partial charge in [-0.25, -0.2) is 0 Å². The molecule has 9 heavy (non-hydrogen) atoms. The number of hydrazine groups is 1. The van der Waals surface area contributed by atoms with E-state index in [4.69, 9.17) is 0 Å². The molecule has 2 heterocycles. The third-order valence-corrected chi connectivity index (χ3v) is 1.28. The van der Waals surface area contributed by atoms with Gasteiger partial charge in [-0.05, 0) is 12.2 Å². The molecule has 1 N–H and O–H groups in total. The predicted octanol–water partition coefficient (Wildman–Crippen LogP) is 0.887. The summed E-state index contributed by atoms with van der Waals surface area (Å²) in [5, 5.41) is 1.90. The van der Waals surface area contributed by atoms with Crippen molar-refractivity contribution in [2.75, 3.05) is 0 Å². The number of nitrogens with zero attached hydrogens (tertiary/aromatic N) is 1. The fraction of sp³-hybridized carbons (Fsp3) is 0. The van der Waals surface area contributed by atoms with Gasteiger partial charge in [-0.15, -0.1) is 0 Å². The summed E-state index contributed by atoms with van der Waals surface area (Å²) >= 11 is 0. The van der Waals surface area contributed by atoms with E-state index >= 15 is 0 Å². The average Bonchev–Trinajstić information content (AvgIpc) is 2.33. The second-order valence-corrected chi connectivity index (χ2v) is 1.87. The second kappa shape index (κ2) is 1.54. The summed E-state index contributed by atoms with van der Waals surface area (Å²) in [6.45, 7) is 0. The summed E-state index contributed by atoms with van der Waals surface area (Å²) in [6, 6.07) is 0. The van der Waals surface area contributed by atoms with Gasteiger partial charge in [0.05, 0.1) is 6.20 Å². The van der Waals surface area contributed by atoms with E-state index in [1.807, 2.05) is 29.4 Å². The molecule has 0 aromatic heterocycles. The summed E-state index contributed by atoms with van der Waals surface area (Å²) in [5.74, 6) is 0. The van der Waals surface area contributed by atoms with Crippen molar-refractivity contribution in [3.05, 3.63) is 42.1 Å². The topological polar surface area (TPSA) is 15.3 Å². The highest BCUT2D eigenvalue weighted by molar-refractivity contribution is 5.28. The molecule has 0 fully saturated rings. The molecule has 0 saturated heterocycles. The second-order valence-electron chi connectivity index (χ2n) is 1.87. The zero-order chi connectivity index (χ0) is 6.10. The van der Waals surface area contributed by atoms with E-state index in [0.717, 1.165) is 5.70 Å². The molecule has 0 aromatic carbocycles. The number of nitrogens with one attached hydrogen (secondary N) is 1. The van der Waals surface area contributed by atoms with Crippen molar-refractivity contribution < 1.29 is 0 Å². The molecule has 0 bridgehead atoms. The standard InChI is InChI=1S/C7H6N2/c1-2-6-9-7(3-1)4-5-8-9/h1-3,5-6,8H. The van der Waals surface area contributed by atoms with Crippen molar-refractivity contribution in [1.29, 1.82) is 0 Å². The third kappa shape index (κ3) is 0.574. The van der Waals surface area contributed by atoms with E-state index < -0.39 is 0 Å². The molecule has 0 amide bonds. The molecular formula is C7H6N2. The Bertz CT molecular complexity index is 242. The SMILES string of the molecule is C1=CNN2C=CC=CC=12. The van der Waals surface area contributed by atoms with Crippen LogP contribution in [0.3, 0.4) is 0 Å². The lowest BCUT2D eigenvalue weighted by Crippen LogP contribution is -2.24. The minimum absolute atomic E-state index is 1.07. The van der Waals surface area contributed by atoms with E-state index in [-0.39, 0.29) is 0 Å². The van der Waals surface area contributed by atoms with Gasteiger partial charge in [0.1, 0.15) is 5.70 Å². The highest BCUT2D eigenvalue weighted by Crippen LogP contribution is 2.10. The van der Waals surface area contributed by atoms with Crippen LogP contribution >= 0.6 is 0 Å². The molecule has 0 spiro atoms. The molecule has 0 atom stereocenters. The Morgan fingerprint density at radius 3 is 3.33 bits per heavy atom. The molecule has 2 nitrogen and oxygen atoms in total. The van der Waals surface area contributed by atoms with Crippen LogP contribution in [0.2, 0.25) is 0 Å². The average molecular weight is 118 g/mol. The van der Waals surface area contributed by atoms with Gasteiger partial charge in [0.2, 0.25) is 0 Å². The molecule has 0 unspecified atom stereocenters. The Kier molecular flexibility index (Phi) is 0.765. The Balaban J connectivity index is 2.41. The summed E-state index contributed by atoms with van der Waals surface area (Å²) in [5.41, 5.74) is 7.07. The van der Waals surface area contributed by atoms with Crippen molar-refractivity contribution in [2.24, 2.45) is 0 Å². The first kappa shape index (κ1) is 4.48. The first-order valence-corrected chi connectivity index (χ1v) is 2.82. The number of allylic oxidation sites excluding steroid dienone is 3. The molecule has 2 aliphatic rings. The van der Waals surface area contributed by atoms with Gasteiger partial charge in [0, 0.05) is 6.20 Å². The zero-order valence-corrected chi connectivity index (χ0v) is 4.83. The van der Waals surface area contributed by atoms with E-state index in [1.54, 1.807) is 6.20 Å². The minimum Gasteiger partial charge on any atom is -0.293 e. The Morgan fingerprint density at radius 2 is 2.44 bits per heavy atom. The lowest BCUT2D eigenvalue weighted by molar-refractivity contribution is 0.423. The van der Waals surface area contributed by atoms with Gasteiger partial charge in [-0.2, -0.15) is 0 Å². The van der Waals surface area contributed by atoms with Crippen molar-refractivity contribution in [1.82, 2.24) is 10.4 Å². The molecule has 0 saturated carbocycles.